The van der Waals surface area contributed by atoms with Crippen LogP contribution in [0.25, 0.3) is 0 Å². The molecule has 180 valence electrons. The van der Waals surface area contributed by atoms with Gasteiger partial charge in [-0.1, -0.05) is 30.3 Å². The van der Waals surface area contributed by atoms with E-state index in [1.54, 1.807) is 49.4 Å². The van der Waals surface area contributed by atoms with E-state index in [1.165, 1.54) is 31.2 Å². The molecule has 0 radical (unpaired) electrons. The van der Waals surface area contributed by atoms with E-state index >= 15 is 0 Å². The molecular formula is C24H27N3O5S2. The van der Waals surface area contributed by atoms with Crippen molar-refractivity contribution in [1.82, 2.24) is 0 Å². The zero-order valence-electron chi connectivity index (χ0n) is 19.3. The van der Waals surface area contributed by atoms with E-state index in [1.807, 2.05) is 13.0 Å². The van der Waals surface area contributed by atoms with Crippen LogP contribution in [-0.4, -0.2) is 35.0 Å². The topological polar surface area (TPSA) is 113 Å². The smallest absolute Gasteiger partial charge is 0.261 e. The predicted octanol–water partition coefficient (Wildman–Crippen LogP) is 3.90. The highest BCUT2D eigenvalue weighted by Crippen LogP contribution is 2.27. The van der Waals surface area contributed by atoms with E-state index < -0.39 is 32.0 Å². The molecule has 3 rings (SSSR count). The minimum Gasteiger partial charge on any atom is -0.324 e. The quantitative estimate of drug-likeness (QED) is 0.486. The second kappa shape index (κ2) is 9.86. The summed E-state index contributed by atoms with van der Waals surface area (Å²) in [6, 6.07) is 18.5. The number of nitrogens with one attached hydrogen (secondary N) is 2. The highest BCUT2D eigenvalue weighted by atomic mass is 32.2. The van der Waals surface area contributed by atoms with Crippen LogP contribution in [0.15, 0.2) is 77.7 Å². The lowest BCUT2D eigenvalue weighted by atomic mass is 10.1. The number of hydrogen-bond donors (Lipinski definition) is 2. The van der Waals surface area contributed by atoms with E-state index in [0.717, 1.165) is 21.7 Å². The fourth-order valence-electron chi connectivity index (χ4n) is 3.42. The van der Waals surface area contributed by atoms with Crippen LogP contribution in [0.1, 0.15) is 18.1 Å². The number of hydrogen-bond acceptors (Lipinski definition) is 5. The van der Waals surface area contributed by atoms with Crippen molar-refractivity contribution in [1.29, 1.82) is 0 Å². The number of anilines is 3. The molecule has 0 aliphatic carbocycles. The average molecular weight is 502 g/mol. The molecule has 1 atom stereocenters. The zero-order chi connectivity index (χ0) is 25.1. The van der Waals surface area contributed by atoms with Crippen LogP contribution >= 0.6 is 0 Å². The van der Waals surface area contributed by atoms with Crippen molar-refractivity contribution in [2.75, 3.05) is 20.6 Å². The third kappa shape index (κ3) is 5.95. The van der Waals surface area contributed by atoms with E-state index in [-0.39, 0.29) is 4.90 Å². The maximum atomic E-state index is 12.9. The first kappa shape index (κ1) is 25.3. The highest BCUT2D eigenvalue weighted by Gasteiger charge is 2.30. The molecule has 0 spiro atoms. The van der Waals surface area contributed by atoms with Gasteiger partial charge in [-0.05, 0) is 74.4 Å². The van der Waals surface area contributed by atoms with Crippen LogP contribution in [0, 0.1) is 13.8 Å². The van der Waals surface area contributed by atoms with E-state index in [2.05, 4.69) is 10.0 Å². The first-order valence-electron chi connectivity index (χ1n) is 10.4. The minimum absolute atomic E-state index is 0.0237. The van der Waals surface area contributed by atoms with Crippen molar-refractivity contribution in [2.45, 2.75) is 31.7 Å². The third-order valence-electron chi connectivity index (χ3n) is 5.15. The van der Waals surface area contributed by atoms with Gasteiger partial charge in [-0.25, -0.2) is 16.8 Å². The minimum atomic E-state index is -3.80. The molecule has 2 N–H and O–H groups in total. The van der Waals surface area contributed by atoms with Crippen molar-refractivity contribution in [3.63, 3.8) is 0 Å². The summed E-state index contributed by atoms with van der Waals surface area (Å²) >= 11 is 0. The molecule has 0 aromatic heterocycles. The number of para-hydroxylation sites is 1. The SMILES string of the molecule is Cc1ccc(C)c(N([C@H](C)C(=O)Nc2ccc(S(=O)(=O)Nc3ccccc3)cc2)S(C)(=O)=O)c1. The Kier molecular flexibility index (Phi) is 7.32. The van der Waals surface area contributed by atoms with Crippen molar-refractivity contribution in [2.24, 2.45) is 0 Å². The maximum absolute atomic E-state index is 12.9. The Balaban J connectivity index is 1.79. The molecule has 0 aliphatic rings. The van der Waals surface area contributed by atoms with Crippen LogP contribution in [0.5, 0.6) is 0 Å². The summed E-state index contributed by atoms with van der Waals surface area (Å²) in [5, 5.41) is 2.67. The van der Waals surface area contributed by atoms with Gasteiger partial charge >= 0.3 is 0 Å². The van der Waals surface area contributed by atoms with Gasteiger partial charge in [-0.2, -0.15) is 0 Å². The maximum Gasteiger partial charge on any atom is 0.261 e. The number of sulfonamides is 2. The number of benzene rings is 3. The molecule has 3 aromatic rings. The zero-order valence-corrected chi connectivity index (χ0v) is 20.9. The summed E-state index contributed by atoms with van der Waals surface area (Å²) in [7, 11) is -7.57. The van der Waals surface area contributed by atoms with Crippen molar-refractivity contribution in [3.05, 3.63) is 83.9 Å². The van der Waals surface area contributed by atoms with Gasteiger partial charge in [0.05, 0.1) is 16.8 Å². The average Bonchev–Trinajstić information content (AvgIpc) is 2.76. The number of nitrogens with zero attached hydrogens (tertiary/aromatic N) is 1. The summed E-state index contributed by atoms with van der Waals surface area (Å²) in [5.41, 5.74) is 2.78. The summed E-state index contributed by atoms with van der Waals surface area (Å²) < 4.78 is 53.9. The molecule has 3 aromatic carbocycles. The molecule has 0 aliphatic heterocycles. The number of aryl methyl sites for hydroxylation is 2. The monoisotopic (exact) mass is 501 g/mol. The molecule has 1 amide bonds. The number of carbonyl (C=O) groups excluding carboxylic acids is 1. The van der Waals surface area contributed by atoms with Gasteiger partial charge in [-0.3, -0.25) is 13.8 Å². The third-order valence-corrected chi connectivity index (χ3v) is 7.77. The largest absolute Gasteiger partial charge is 0.324 e. The summed E-state index contributed by atoms with van der Waals surface area (Å²) in [5.74, 6) is -0.552. The molecular weight excluding hydrogens is 474 g/mol. The fourth-order valence-corrected chi connectivity index (χ4v) is 5.71. The van der Waals surface area contributed by atoms with Gasteiger partial charge in [0.1, 0.15) is 6.04 Å². The van der Waals surface area contributed by atoms with Crippen molar-refractivity contribution < 1.29 is 21.6 Å². The molecule has 8 nitrogen and oxygen atoms in total. The van der Waals surface area contributed by atoms with E-state index in [9.17, 15) is 21.6 Å². The second-order valence-electron chi connectivity index (χ2n) is 8.01. The summed E-state index contributed by atoms with van der Waals surface area (Å²) in [4.78, 5) is 13.0. The number of amides is 1. The molecule has 0 bridgehead atoms. The molecule has 0 unspecified atom stereocenters. The summed E-state index contributed by atoms with van der Waals surface area (Å²) in [6.07, 6.45) is 1.05. The van der Waals surface area contributed by atoms with Gasteiger partial charge < -0.3 is 5.32 Å². The van der Waals surface area contributed by atoms with E-state index in [0.29, 0.717) is 17.1 Å². The van der Waals surface area contributed by atoms with Gasteiger partial charge in [0, 0.05) is 11.4 Å². The number of rotatable bonds is 8. The Hall–Kier alpha value is -3.37. The number of carbonyl (C=O) groups is 1. The van der Waals surface area contributed by atoms with Crippen LogP contribution in [0.4, 0.5) is 17.1 Å². The Labute approximate surface area is 200 Å². The standard InChI is InChI=1S/C24H27N3O5S2/c1-17-10-11-18(2)23(16-17)27(33(4,29)30)19(3)24(28)25-20-12-14-22(15-13-20)34(31,32)26-21-8-6-5-7-9-21/h5-16,19,26H,1-4H3,(H,25,28)/t19-/m1/s1. The lowest BCUT2D eigenvalue weighted by Crippen LogP contribution is -2.45. The normalized spacial score (nSPS) is 12.6. The molecule has 34 heavy (non-hydrogen) atoms. The van der Waals surface area contributed by atoms with Crippen molar-refractivity contribution >= 4 is 43.0 Å². The Bertz CT molecular complexity index is 1390. The molecule has 0 heterocycles. The fraction of sp³-hybridized carbons (Fsp3) is 0.208. The van der Waals surface area contributed by atoms with Crippen molar-refractivity contribution in [3.8, 4) is 0 Å². The molecule has 0 fully saturated rings. The predicted molar refractivity (Wildman–Crippen MR) is 135 cm³/mol. The van der Waals surface area contributed by atoms with E-state index in [4.69, 9.17) is 0 Å². The van der Waals surface area contributed by atoms with Gasteiger partial charge in [-0.15, -0.1) is 0 Å². The Morgan fingerprint density at radius 2 is 1.47 bits per heavy atom. The first-order chi connectivity index (χ1) is 15.9. The lowest BCUT2D eigenvalue weighted by Gasteiger charge is -2.29. The lowest BCUT2D eigenvalue weighted by molar-refractivity contribution is -0.116. The first-order valence-corrected chi connectivity index (χ1v) is 13.8. The second-order valence-corrected chi connectivity index (χ2v) is 11.6. The van der Waals surface area contributed by atoms with Crippen LogP contribution in [-0.2, 0) is 24.8 Å². The highest BCUT2D eigenvalue weighted by molar-refractivity contribution is 7.92. The van der Waals surface area contributed by atoms with Gasteiger partial charge in [0.25, 0.3) is 10.0 Å². The Morgan fingerprint density at radius 3 is 2.06 bits per heavy atom. The van der Waals surface area contributed by atoms with Gasteiger partial charge in [0.15, 0.2) is 0 Å². The van der Waals surface area contributed by atoms with Crippen LogP contribution in [0.2, 0.25) is 0 Å². The van der Waals surface area contributed by atoms with Crippen LogP contribution < -0.4 is 14.3 Å². The molecule has 10 heteroatoms. The van der Waals surface area contributed by atoms with Gasteiger partial charge in [0.2, 0.25) is 15.9 Å². The summed E-state index contributed by atoms with van der Waals surface area (Å²) in [6.45, 7) is 5.12. The molecule has 0 saturated carbocycles. The Morgan fingerprint density at radius 1 is 0.853 bits per heavy atom. The molecule has 0 saturated heterocycles. The van der Waals surface area contributed by atoms with Crippen LogP contribution in [0.3, 0.4) is 0 Å².